The lowest BCUT2D eigenvalue weighted by molar-refractivity contribution is 0.629. The Kier molecular flexibility index (Phi) is 2.87. The molecular formula is C10H8ClFN4. The number of aromatic nitrogens is 2. The maximum atomic E-state index is 13.1. The number of nitrogens with zero attached hydrogens (tertiary/aromatic N) is 2. The van der Waals surface area contributed by atoms with Crippen LogP contribution in [-0.4, -0.2) is 9.97 Å². The molecular weight excluding hydrogens is 231 g/mol. The van der Waals surface area contributed by atoms with Gasteiger partial charge in [-0.25, -0.2) is 9.37 Å². The Labute approximate surface area is 96.3 Å². The van der Waals surface area contributed by atoms with Crippen molar-refractivity contribution in [2.24, 2.45) is 0 Å². The summed E-state index contributed by atoms with van der Waals surface area (Å²) in [5.41, 5.74) is 5.99. The minimum Gasteiger partial charge on any atom is -0.384 e. The molecule has 0 spiro atoms. The second kappa shape index (κ2) is 4.32. The van der Waals surface area contributed by atoms with E-state index in [1.165, 1.54) is 18.3 Å². The maximum absolute atomic E-state index is 13.1. The van der Waals surface area contributed by atoms with Crippen molar-refractivity contribution in [2.45, 2.75) is 0 Å². The van der Waals surface area contributed by atoms with E-state index in [9.17, 15) is 4.39 Å². The van der Waals surface area contributed by atoms with Gasteiger partial charge < -0.3 is 11.1 Å². The molecule has 0 bridgehead atoms. The standard InChI is InChI=1S/C10H8ClFN4/c11-7-2-1-6(5-8(7)12)15-10-14-4-3-9(13)16-10/h1-5H,(H3,13,14,15,16). The molecule has 1 heterocycles. The second-order valence-corrected chi connectivity index (χ2v) is 3.47. The lowest BCUT2D eigenvalue weighted by atomic mass is 10.3. The van der Waals surface area contributed by atoms with Gasteiger partial charge in [0.25, 0.3) is 0 Å². The van der Waals surface area contributed by atoms with E-state index in [-0.39, 0.29) is 5.02 Å². The quantitative estimate of drug-likeness (QED) is 0.844. The van der Waals surface area contributed by atoms with Crippen molar-refractivity contribution in [3.63, 3.8) is 0 Å². The number of benzene rings is 1. The molecule has 0 saturated carbocycles. The molecule has 6 heteroatoms. The largest absolute Gasteiger partial charge is 0.384 e. The van der Waals surface area contributed by atoms with Crippen LogP contribution >= 0.6 is 11.6 Å². The van der Waals surface area contributed by atoms with Crippen LogP contribution in [0.4, 0.5) is 21.8 Å². The van der Waals surface area contributed by atoms with Crippen LogP contribution in [-0.2, 0) is 0 Å². The Morgan fingerprint density at radius 2 is 2.12 bits per heavy atom. The number of nitrogens with two attached hydrogens (primary N) is 1. The van der Waals surface area contributed by atoms with Gasteiger partial charge in [-0.05, 0) is 24.3 Å². The first-order valence-corrected chi connectivity index (χ1v) is 4.83. The Morgan fingerprint density at radius 1 is 1.31 bits per heavy atom. The normalized spacial score (nSPS) is 10.1. The van der Waals surface area contributed by atoms with Gasteiger partial charge in [0.15, 0.2) is 0 Å². The van der Waals surface area contributed by atoms with Crippen LogP contribution < -0.4 is 11.1 Å². The summed E-state index contributed by atoms with van der Waals surface area (Å²) in [6.07, 6.45) is 1.51. The zero-order chi connectivity index (χ0) is 11.5. The highest BCUT2D eigenvalue weighted by Crippen LogP contribution is 2.20. The van der Waals surface area contributed by atoms with Crippen LogP contribution in [0.3, 0.4) is 0 Å². The molecule has 1 aromatic heterocycles. The Morgan fingerprint density at radius 3 is 2.81 bits per heavy atom. The molecule has 2 aromatic rings. The van der Waals surface area contributed by atoms with Gasteiger partial charge in [-0.3, -0.25) is 0 Å². The van der Waals surface area contributed by atoms with Gasteiger partial charge >= 0.3 is 0 Å². The first-order valence-electron chi connectivity index (χ1n) is 4.46. The SMILES string of the molecule is Nc1ccnc(Nc2ccc(Cl)c(F)c2)n1. The van der Waals surface area contributed by atoms with Crippen LogP contribution in [0.2, 0.25) is 5.02 Å². The summed E-state index contributed by atoms with van der Waals surface area (Å²) in [5.74, 6) is 0.143. The number of nitrogens with one attached hydrogen (secondary N) is 1. The summed E-state index contributed by atoms with van der Waals surface area (Å²) in [7, 11) is 0. The molecule has 0 aliphatic heterocycles. The van der Waals surface area contributed by atoms with Crippen molar-refractivity contribution in [1.29, 1.82) is 0 Å². The Balaban J connectivity index is 2.24. The van der Waals surface area contributed by atoms with Gasteiger partial charge in [-0.1, -0.05) is 11.6 Å². The molecule has 0 aliphatic carbocycles. The molecule has 82 valence electrons. The average molecular weight is 239 g/mol. The van der Waals surface area contributed by atoms with Crippen LogP contribution in [0.1, 0.15) is 0 Å². The molecule has 0 amide bonds. The molecule has 16 heavy (non-hydrogen) atoms. The zero-order valence-electron chi connectivity index (χ0n) is 8.11. The monoisotopic (exact) mass is 238 g/mol. The lowest BCUT2D eigenvalue weighted by Crippen LogP contribution is -1.99. The molecule has 1 aromatic carbocycles. The van der Waals surface area contributed by atoms with Gasteiger partial charge in [-0.2, -0.15) is 4.98 Å². The van der Waals surface area contributed by atoms with E-state index in [4.69, 9.17) is 17.3 Å². The number of halogens is 2. The highest BCUT2D eigenvalue weighted by Gasteiger charge is 2.02. The summed E-state index contributed by atoms with van der Waals surface area (Å²) >= 11 is 5.55. The van der Waals surface area contributed by atoms with Crippen molar-refractivity contribution in [1.82, 2.24) is 9.97 Å². The topological polar surface area (TPSA) is 63.8 Å². The van der Waals surface area contributed by atoms with Gasteiger partial charge in [0.2, 0.25) is 5.95 Å². The Bertz CT molecular complexity index is 518. The van der Waals surface area contributed by atoms with E-state index in [1.54, 1.807) is 12.1 Å². The number of anilines is 3. The summed E-state index contributed by atoms with van der Waals surface area (Å²) in [5, 5.41) is 2.88. The van der Waals surface area contributed by atoms with Crippen LogP contribution in [0, 0.1) is 5.82 Å². The molecule has 0 radical (unpaired) electrons. The predicted octanol–water partition coefficient (Wildman–Crippen LogP) is 2.59. The van der Waals surface area contributed by atoms with Crippen LogP contribution in [0.25, 0.3) is 0 Å². The fourth-order valence-corrected chi connectivity index (χ4v) is 1.25. The predicted molar refractivity (Wildman–Crippen MR) is 61.1 cm³/mol. The average Bonchev–Trinajstić information content (AvgIpc) is 2.24. The van der Waals surface area contributed by atoms with E-state index in [2.05, 4.69) is 15.3 Å². The molecule has 4 nitrogen and oxygen atoms in total. The summed E-state index contributed by atoms with van der Waals surface area (Å²) in [4.78, 5) is 7.85. The smallest absolute Gasteiger partial charge is 0.229 e. The number of hydrogen-bond donors (Lipinski definition) is 2. The number of nitrogen functional groups attached to an aromatic ring is 1. The van der Waals surface area contributed by atoms with Gasteiger partial charge in [-0.15, -0.1) is 0 Å². The number of hydrogen-bond acceptors (Lipinski definition) is 4. The first-order chi connectivity index (χ1) is 7.65. The fourth-order valence-electron chi connectivity index (χ4n) is 1.14. The summed E-state index contributed by atoms with van der Waals surface area (Å²) < 4.78 is 13.1. The molecule has 3 N–H and O–H groups in total. The van der Waals surface area contributed by atoms with E-state index in [0.29, 0.717) is 17.5 Å². The lowest BCUT2D eigenvalue weighted by Gasteiger charge is -2.05. The molecule has 0 saturated heterocycles. The second-order valence-electron chi connectivity index (χ2n) is 3.06. The van der Waals surface area contributed by atoms with E-state index >= 15 is 0 Å². The minimum absolute atomic E-state index is 0.0686. The van der Waals surface area contributed by atoms with E-state index < -0.39 is 5.82 Å². The minimum atomic E-state index is -0.504. The molecule has 0 unspecified atom stereocenters. The fraction of sp³-hybridized carbons (Fsp3) is 0. The van der Waals surface area contributed by atoms with Crippen molar-refractivity contribution >= 4 is 29.1 Å². The highest BCUT2D eigenvalue weighted by molar-refractivity contribution is 6.30. The highest BCUT2D eigenvalue weighted by atomic mass is 35.5. The summed E-state index contributed by atoms with van der Waals surface area (Å²) in [6.45, 7) is 0. The van der Waals surface area contributed by atoms with E-state index in [1.807, 2.05) is 0 Å². The number of rotatable bonds is 2. The summed E-state index contributed by atoms with van der Waals surface area (Å²) in [6, 6.07) is 5.89. The molecule has 0 atom stereocenters. The van der Waals surface area contributed by atoms with Crippen molar-refractivity contribution in [3.8, 4) is 0 Å². The third-order valence-electron chi connectivity index (χ3n) is 1.85. The third-order valence-corrected chi connectivity index (χ3v) is 2.16. The van der Waals surface area contributed by atoms with E-state index in [0.717, 1.165) is 0 Å². The van der Waals surface area contributed by atoms with Gasteiger partial charge in [0.05, 0.1) is 5.02 Å². The zero-order valence-corrected chi connectivity index (χ0v) is 8.87. The van der Waals surface area contributed by atoms with Crippen molar-refractivity contribution < 1.29 is 4.39 Å². The maximum Gasteiger partial charge on any atom is 0.229 e. The first kappa shape index (κ1) is 10.6. The molecule has 0 aliphatic rings. The van der Waals surface area contributed by atoms with Crippen molar-refractivity contribution in [2.75, 3.05) is 11.1 Å². The van der Waals surface area contributed by atoms with Crippen molar-refractivity contribution in [3.05, 3.63) is 41.3 Å². The molecule has 0 fully saturated rings. The van der Waals surface area contributed by atoms with Crippen LogP contribution in [0.5, 0.6) is 0 Å². The van der Waals surface area contributed by atoms with Gasteiger partial charge in [0.1, 0.15) is 11.6 Å². The van der Waals surface area contributed by atoms with Crippen LogP contribution in [0.15, 0.2) is 30.5 Å². The third kappa shape index (κ3) is 2.38. The van der Waals surface area contributed by atoms with Gasteiger partial charge in [0, 0.05) is 11.9 Å². The Hall–Kier alpha value is -1.88. The molecule has 2 rings (SSSR count).